The number of nitrogens with two attached hydrogens (primary N) is 1. The minimum Gasteiger partial charge on any atom is -0.475 e. The zero-order valence-corrected chi connectivity index (χ0v) is 12.5. The van der Waals surface area contributed by atoms with Crippen LogP contribution in [0.4, 0.5) is 5.69 Å². The van der Waals surface area contributed by atoms with Crippen molar-refractivity contribution in [2.45, 2.75) is 26.2 Å². The molecule has 116 valence electrons. The van der Waals surface area contributed by atoms with Gasteiger partial charge in [-0.3, -0.25) is 4.90 Å². The van der Waals surface area contributed by atoms with E-state index in [0.717, 1.165) is 19.6 Å². The molecule has 0 spiro atoms. The predicted molar refractivity (Wildman–Crippen MR) is 80.4 cm³/mol. The molecular formula is C15H23N3O3. The smallest absolute Gasteiger partial charge is 0.340 e. The van der Waals surface area contributed by atoms with Crippen LogP contribution < -0.4 is 10.5 Å². The van der Waals surface area contributed by atoms with Gasteiger partial charge in [-0.15, -0.1) is 0 Å². The van der Waals surface area contributed by atoms with E-state index >= 15 is 0 Å². The summed E-state index contributed by atoms with van der Waals surface area (Å²) in [6.45, 7) is 5.68. The zero-order valence-electron chi connectivity index (χ0n) is 12.5. The summed E-state index contributed by atoms with van der Waals surface area (Å²) in [5, 5.41) is 0. The molecule has 0 bridgehead atoms. The Morgan fingerprint density at radius 1 is 1.38 bits per heavy atom. The third-order valence-corrected chi connectivity index (χ3v) is 3.54. The first-order chi connectivity index (χ1) is 10.2. The number of rotatable bonds is 6. The molecule has 1 aromatic heterocycles. The Labute approximate surface area is 125 Å². The van der Waals surface area contributed by atoms with Crippen LogP contribution in [0.2, 0.25) is 0 Å². The van der Waals surface area contributed by atoms with Gasteiger partial charge < -0.3 is 15.2 Å². The number of nitrogens with zero attached hydrogens (tertiary/aromatic N) is 2. The number of carbonyl (C=O) groups is 1. The van der Waals surface area contributed by atoms with Crippen molar-refractivity contribution in [1.82, 2.24) is 9.88 Å². The lowest BCUT2D eigenvalue weighted by atomic mass is 10.1. The lowest BCUT2D eigenvalue weighted by molar-refractivity contribution is 0.0527. The number of nitrogen functional groups attached to an aromatic ring is 1. The number of anilines is 1. The van der Waals surface area contributed by atoms with Crippen molar-refractivity contribution in [1.29, 1.82) is 0 Å². The summed E-state index contributed by atoms with van der Waals surface area (Å²) in [7, 11) is 0. The Kier molecular flexibility index (Phi) is 5.80. The van der Waals surface area contributed by atoms with E-state index in [1.807, 2.05) is 0 Å². The highest BCUT2D eigenvalue weighted by Gasteiger charge is 2.16. The maximum Gasteiger partial charge on any atom is 0.340 e. The molecule has 2 rings (SSSR count). The predicted octanol–water partition coefficient (Wildman–Crippen LogP) is 1.71. The molecule has 0 aromatic carbocycles. The first kappa shape index (κ1) is 15.6. The van der Waals surface area contributed by atoms with Gasteiger partial charge in [0, 0.05) is 12.7 Å². The summed E-state index contributed by atoms with van der Waals surface area (Å²) in [5.41, 5.74) is 6.48. The van der Waals surface area contributed by atoms with Crippen LogP contribution in [0, 0.1) is 0 Å². The monoisotopic (exact) mass is 293 g/mol. The summed E-state index contributed by atoms with van der Waals surface area (Å²) in [5.74, 6) is -0.143. The molecule has 0 saturated carbocycles. The van der Waals surface area contributed by atoms with Crippen molar-refractivity contribution in [2.24, 2.45) is 0 Å². The molecule has 0 atom stereocenters. The van der Waals surface area contributed by atoms with Crippen molar-refractivity contribution in [3.05, 3.63) is 17.8 Å². The Morgan fingerprint density at radius 3 is 2.86 bits per heavy atom. The van der Waals surface area contributed by atoms with Crippen LogP contribution in [0.3, 0.4) is 0 Å². The molecule has 2 heterocycles. The van der Waals surface area contributed by atoms with Gasteiger partial charge in [0.15, 0.2) is 0 Å². The van der Waals surface area contributed by atoms with Crippen LogP contribution in [0.1, 0.15) is 36.5 Å². The molecule has 2 N–H and O–H groups in total. The van der Waals surface area contributed by atoms with Crippen LogP contribution in [-0.4, -0.2) is 48.7 Å². The normalized spacial score (nSPS) is 15.7. The van der Waals surface area contributed by atoms with Crippen molar-refractivity contribution >= 4 is 11.7 Å². The molecule has 1 saturated heterocycles. The van der Waals surface area contributed by atoms with Crippen molar-refractivity contribution in [3.8, 4) is 5.88 Å². The minimum absolute atomic E-state index is 0.245. The molecular weight excluding hydrogens is 270 g/mol. The Balaban J connectivity index is 1.90. The molecule has 6 nitrogen and oxygen atoms in total. The first-order valence-electron chi connectivity index (χ1n) is 7.49. The number of likely N-dealkylation sites (tertiary alicyclic amines) is 1. The van der Waals surface area contributed by atoms with Crippen LogP contribution in [-0.2, 0) is 4.74 Å². The number of hydrogen-bond acceptors (Lipinski definition) is 6. The maximum atomic E-state index is 11.7. The van der Waals surface area contributed by atoms with Crippen LogP contribution in [0.25, 0.3) is 0 Å². The minimum atomic E-state index is -0.446. The molecule has 0 aliphatic carbocycles. The molecule has 0 amide bonds. The highest BCUT2D eigenvalue weighted by Crippen LogP contribution is 2.23. The number of piperidine rings is 1. The van der Waals surface area contributed by atoms with Crippen LogP contribution in [0.15, 0.2) is 12.3 Å². The van der Waals surface area contributed by atoms with Gasteiger partial charge in [-0.2, -0.15) is 0 Å². The van der Waals surface area contributed by atoms with E-state index in [2.05, 4.69) is 9.88 Å². The highest BCUT2D eigenvalue weighted by molar-refractivity contribution is 5.96. The second-order valence-corrected chi connectivity index (χ2v) is 5.05. The fraction of sp³-hybridized carbons (Fsp3) is 0.600. The van der Waals surface area contributed by atoms with Gasteiger partial charge in [-0.05, 0) is 38.9 Å². The number of aromatic nitrogens is 1. The molecule has 1 aromatic rings. The zero-order chi connectivity index (χ0) is 15.1. The lowest BCUT2D eigenvalue weighted by Crippen LogP contribution is -2.33. The second-order valence-electron chi connectivity index (χ2n) is 5.05. The van der Waals surface area contributed by atoms with E-state index in [-0.39, 0.29) is 5.69 Å². The van der Waals surface area contributed by atoms with Crippen molar-refractivity contribution in [3.63, 3.8) is 0 Å². The van der Waals surface area contributed by atoms with Crippen molar-refractivity contribution in [2.75, 3.05) is 38.6 Å². The standard InChI is InChI=1S/C15H23N3O3/c1-2-20-15(19)12-6-7-17-14(13(12)16)21-11-10-18-8-4-3-5-9-18/h6-7H,2-5,8-11,16H2,1H3. The van der Waals surface area contributed by atoms with Gasteiger partial charge in [0.25, 0.3) is 0 Å². The Hall–Kier alpha value is -1.82. The van der Waals surface area contributed by atoms with Gasteiger partial charge in [-0.1, -0.05) is 6.42 Å². The van der Waals surface area contributed by atoms with Gasteiger partial charge in [0.1, 0.15) is 12.3 Å². The van der Waals surface area contributed by atoms with E-state index in [4.69, 9.17) is 15.2 Å². The molecule has 1 aliphatic rings. The molecule has 1 fully saturated rings. The molecule has 0 unspecified atom stereocenters. The van der Waals surface area contributed by atoms with Crippen molar-refractivity contribution < 1.29 is 14.3 Å². The fourth-order valence-corrected chi connectivity index (χ4v) is 2.41. The highest BCUT2D eigenvalue weighted by atomic mass is 16.5. The number of pyridine rings is 1. The van der Waals surface area contributed by atoms with E-state index in [0.29, 0.717) is 24.7 Å². The van der Waals surface area contributed by atoms with Gasteiger partial charge in [0.05, 0.1) is 12.2 Å². The molecule has 1 aliphatic heterocycles. The van der Waals surface area contributed by atoms with Gasteiger partial charge in [0.2, 0.25) is 5.88 Å². The number of hydrogen-bond donors (Lipinski definition) is 1. The quantitative estimate of drug-likeness (QED) is 0.804. The second kappa shape index (κ2) is 7.83. The third-order valence-electron chi connectivity index (χ3n) is 3.54. The molecule has 6 heteroatoms. The first-order valence-corrected chi connectivity index (χ1v) is 7.49. The van der Waals surface area contributed by atoms with E-state index in [1.165, 1.54) is 25.5 Å². The summed E-state index contributed by atoms with van der Waals surface area (Å²) in [4.78, 5) is 18.2. The average molecular weight is 293 g/mol. The summed E-state index contributed by atoms with van der Waals surface area (Å²) in [6, 6.07) is 1.55. The molecule has 21 heavy (non-hydrogen) atoms. The third kappa shape index (κ3) is 4.32. The summed E-state index contributed by atoms with van der Waals surface area (Å²) in [6.07, 6.45) is 5.32. The van der Waals surface area contributed by atoms with Gasteiger partial charge in [-0.25, -0.2) is 9.78 Å². The fourth-order valence-electron chi connectivity index (χ4n) is 2.41. The Bertz CT molecular complexity index is 473. The number of esters is 1. The topological polar surface area (TPSA) is 77.7 Å². The van der Waals surface area contributed by atoms with Crippen LogP contribution >= 0.6 is 0 Å². The van der Waals surface area contributed by atoms with Gasteiger partial charge >= 0.3 is 5.97 Å². The Morgan fingerprint density at radius 2 is 2.14 bits per heavy atom. The van der Waals surface area contributed by atoms with Crippen LogP contribution in [0.5, 0.6) is 5.88 Å². The molecule has 0 radical (unpaired) electrons. The van der Waals surface area contributed by atoms with E-state index in [9.17, 15) is 4.79 Å². The summed E-state index contributed by atoms with van der Waals surface area (Å²) < 4.78 is 10.6. The number of ether oxygens (including phenoxy) is 2. The average Bonchev–Trinajstić information content (AvgIpc) is 2.50. The number of carbonyl (C=O) groups excluding carboxylic acids is 1. The van der Waals surface area contributed by atoms with E-state index < -0.39 is 5.97 Å². The summed E-state index contributed by atoms with van der Waals surface area (Å²) >= 11 is 0. The maximum absolute atomic E-state index is 11.7. The lowest BCUT2D eigenvalue weighted by Gasteiger charge is -2.26. The van der Waals surface area contributed by atoms with E-state index in [1.54, 1.807) is 13.0 Å². The largest absolute Gasteiger partial charge is 0.475 e. The SMILES string of the molecule is CCOC(=O)c1ccnc(OCCN2CCCCC2)c1N.